The number of ether oxygens (including phenoxy) is 1. The molecule has 0 saturated carbocycles. The standard InChI is InChI=1S/C36H35ClN5OP.ClH/c37-44(31-15-7-2-8-16-31,32-17-9-3-10-18-32,33-19-11-4-12-20-33)27-43-30-23-21-29(22-24-30)34-40-35(38)42-36(41-34)39-26-25-28-13-5-1-6-14-28;/h1-24,34H,25-27H2,(H4,38,39,40,41,42);1H. The molecule has 6 nitrogen and oxygen atoms in total. The average Bonchev–Trinajstić information content (AvgIpc) is 3.09. The molecule has 0 bridgehead atoms. The van der Waals surface area contributed by atoms with Gasteiger partial charge in [-0.2, -0.15) is 0 Å². The van der Waals surface area contributed by atoms with E-state index in [1.165, 1.54) is 5.56 Å². The number of hydrogen-bond donors (Lipinski definition) is 4. The van der Waals surface area contributed by atoms with Crippen molar-refractivity contribution in [1.29, 1.82) is 0 Å². The van der Waals surface area contributed by atoms with Crippen molar-refractivity contribution >= 4 is 45.0 Å². The summed E-state index contributed by atoms with van der Waals surface area (Å²) in [7, 11) is 0. The molecule has 0 saturated heterocycles. The second kappa shape index (κ2) is 14.2. The van der Waals surface area contributed by atoms with Crippen LogP contribution in [0.3, 0.4) is 0 Å². The average molecular weight is 657 g/mol. The Morgan fingerprint density at radius 2 is 1.20 bits per heavy atom. The summed E-state index contributed by atoms with van der Waals surface area (Å²) in [5, 5.41) is 9.66. The van der Waals surface area contributed by atoms with E-state index in [1.54, 1.807) is 0 Å². The Morgan fingerprint density at radius 3 is 1.71 bits per heavy atom. The zero-order valence-corrected chi connectivity index (χ0v) is 27.1. The zero-order valence-electron chi connectivity index (χ0n) is 24.7. The molecule has 0 amide bonds. The summed E-state index contributed by atoms with van der Waals surface area (Å²) in [5.41, 5.74) is 8.37. The third-order valence-corrected chi connectivity index (χ3v) is 14.7. The predicted octanol–water partition coefficient (Wildman–Crippen LogP) is 0.896. The Kier molecular flexibility index (Phi) is 10.1. The fourth-order valence-electron chi connectivity index (χ4n) is 5.56. The SMILES string of the molecule is NC1=NC(c2ccc(OCP(Cl)(c3ccccc3)(c3ccccc3)c3ccccc3)cc2)NC(=[NH+]CCc2ccccc2)N1.[Cl-]. The molecule has 0 spiro atoms. The van der Waals surface area contributed by atoms with E-state index in [0.29, 0.717) is 12.3 Å². The summed E-state index contributed by atoms with van der Waals surface area (Å²) in [4.78, 5) is 7.97. The maximum Gasteiger partial charge on any atom is -1.00 e. The van der Waals surface area contributed by atoms with Gasteiger partial charge in [-0.1, -0.05) is 30.3 Å². The third-order valence-electron chi connectivity index (χ3n) is 7.91. The Bertz CT molecular complexity index is 1640. The molecule has 5 aromatic carbocycles. The number of nitrogens with two attached hydrogens (primary N) is 1. The van der Waals surface area contributed by atoms with Crippen molar-refractivity contribution in [2.24, 2.45) is 10.7 Å². The molecule has 230 valence electrons. The molecular formula is C36H36Cl2N5OP. The Labute approximate surface area is 275 Å². The Hall–Kier alpha value is -4.35. The van der Waals surface area contributed by atoms with Crippen molar-refractivity contribution in [3.8, 4) is 5.75 Å². The fraction of sp³-hybridized carbons (Fsp3) is 0.111. The minimum atomic E-state index is -3.55. The molecule has 1 heterocycles. The summed E-state index contributed by atoms with van der Waals surface area (Å²) in [5.74, 6) is -1.74. The van der Waals surface area contributed by atoms with E-state index in [-0.39, 0.29) is 18.6 Å². The fourth-order valence-corrected chi connectivity index (χ4v) is 10.8. The van der Waals surface area contributed by atoms with Crippen LogP contribution in [0.2, 0.25) is 0 Å². The van der Waals surface area contributed by atoms with Gasteiger partial charge in [-0.25, -0.2) is 0 Å². The zero-order chi connectivity index (χ0) is 30.3. The minimum absolute atomic E-state index is 0. The van der Waals surface area contributed by atoms with Crippen LogP contribution in [0.25, 0.3) is 0 Å². The van der Waals surface area contributed by atoms with Crippen LogP contribution in [0, 0.1) is 0 Å². The number of halogens is 2. The normalized spacial score (nSPS) is 16.2. The minimum Gasteiger partial charge on any atom is -1.00 e. The summed E-state index contributed by atoms with van der Waals surface area (Å²) in [6, 6.07) is 49.3. The van der Waals surface area contributed by atoms with E-state index in [4.69, 9.17) is 21.7 Å². The summed E-state index contributed by atoms with van der Waals surface area (Å²) in [6.07, 6.45) is 0.849. The van der Waals surface area contributed by atoms with Gasteiger partial charge in [0, 0.05) is 0 Å². The van der Waals surface area contributed by atoms with Crippen LogP contribution in [0.4, 0.5) is 0 Å². The van der Waals surface area contributed by atoms with Gasteiger partial charge in [0.2, 0.25) is 0 Å². The number of nitrogens with zero attached hydrogens (tertiary/aromatic N) is 1. The van der Waals surface area contributed by atoms with Crippen LogP contribution in [0.5, 0.6) is 5.75 Å². The Balaban J connectivity index is 0.00000400. The molecule has 0 radical (unpaired) electrons. The molecule has 5 aromatic rings. The molecule has 1 aliphatic rings. The van der Waals surface area contributed by atoms with Gasteiger partial charge in [0.15, 0.2) is 0 Å². The number of benzene rings is 5. The second-order valence-corrected chi connectivity index (χ2v) is 17.2. The summed E-state index contributed by atoms with van der Waals surface area (Å²) in [6.45, 7) is 0.751. The molecule has 9 heteroatoms. The molecule has 0 aliphatic carbocycles. The molecule has 5 N–H and O–H groups in total. The van der Waals surface area contributed by atoms with Crippen LogP contribution < -0.4 is 54.4 Å². The number of rotatable bonds is 10. The monoisotopic (exact) mass is 655 g/mol. The quantitative estimate of drug-likeness (QED) is 0.169. The van der Waals surface area contributed by atoms with Crippen molar-refractivity contribution in [2.75, 3.05) is 12.9 Å². The number of guanidine groups is 2. The first-order valence-electron chi connectivity index (χ1n) is 14.7. The smallest absolute Gasteiger partial charge is 1.00 e. The maximum atomic E-state index is 8.14. The molecule has 1 aliphatic heterocycles. The van der Waals surface area contributed by atoms with Crippen LogP contribution in [-0.2, 0) is 6.42 Å². The molecule has 1 unspecified atom stereocenters. The van der Waals surface area contributed by atoms with Gasteiger partial charge in [-0.05, 0) is 5.56 Å². The van der Waals surface area contributed by atoms with E-state index in [9.17, 15) is 0 Å². The molecule has 0 fully saturated rings. The number of nitrogens with one attached hydrogen (secondary N) is 3. The van der Waals surface area contributed by atoms with Crippen molar-refractivity contribution in [1.82, 2.24) is 10.6 Å². The Morgan fingerprint density at radius 1 is 0.711 bits per heavy atom. The van der Waals surface area contributed by atoms with E-state index < -0.39 is 5.96 Å². The number of hydrogen-bond acceptors (Lipinski definition) is 3. The predicted molar refractivity (Wildman–Crippen MR) is 185 cm³/mol. The van der Waals surface area contributed by atoms with Crippen LogP contribution in [0.1, 0.15) is 17.3 Å². The second-order valence-electron chi connectivity index (χ2n) is 10.8. The molecular weight excluding hydrogens is 620 g/mol. The molecule has 6 rings (SSSR count). The van der Waals surface area contributed by atoms with Gasteiger partial charge >= 0.3 is 228 Å². The van der Waals surface area contributed by atoms with E-state index in [1.807, 2.05) is 97.1 Å². The van der Waals surface area contributed by atoms with E-state index >= 15 is 0 Å². The van der Waals surface area contributed by atoms with Crippen LogP contribution in [-0.4, -0.2) is 24.8 Å². The van der Waals surface area contributed by atoms with Gasteiger partial charge in [0.25, 0.3) is 0 Å². The van der Waals surface area contributed by atoms with Crippen molar-refractivity contribution < 1.29 is 22.1 Å². The van der Waals surface area contributed by atoms with E-state index in [0.717, 1.165) is 46.2 Å². The largest absolute Gasteiger partial charge is 1.00 e. The van der Waals surface area contributed by atoms with E-state index in [2.05, 4.69) is 69.1 Å². The molecule has 0 aromatic heterocycles. The van der Waals surface area contributed by atoms with Crippen LogP contribution >= 0.6 is 17.2 Å². The van der Waals surface area contributed by atoms with Gasteiger partial charge < -0.3 is 12.4 Å². The third kappa shape index (κ3) is 6.84. The van der Waals surface area contributed by atoms with Crippen molar-refractivity contribution in [2.45, 2.75) is 12.6 Å². The van der Waals surface area contributed by atoms with Crippen molar-refractivity contribution in [3.05, 3.63) is 157 Å². The number of aliphatic imine (C=N–C) groups is 1. The first kappa shape index (κ1) is 32.1. The topological polar surface area (TPSA) is 85.6 Å². The van der Waals surface area contributed by atoms with Gasteiger partial charge in [0.05, 0.1) is 0 Å². The van der Waals surface area contributed by atoms with Gasteiger partial charge in [0.1, 0.15) is 0 Å². The van der Waals surface area contributed by atoms with Gasteiger partial charge in [-0.3, -0.25) is 0 Å². The summed E-state index contributed by atoms with van der Waals surface area (Å²) >= 11 is 8.14. The first-order valence-corrected chi connectivity index (χ1v) is 18.0. The first-order chi connectivity index (χ1) is 21.5. The van der Waals surface area contributed by atoms with Gasteiger partial charge in [-0.15, -0.1) is 0 Å². The van der Waals surface area contributed by atoms with Crippen LogP contribution in [0.15, 0.2) is 151 Å². The van der Waals surface area contributed by atoms with Crippen molar-refractivity contribution in [3.63, 3.8) is 0 Å². The maximum absolute atomic E-state index is 8.14. The molecule has 45 heavy (non-hydrogen) atoms. The summed E-state index contributed by atoms with van der Waals surface area (Å²) < 4.78 is 6.63. The molecule has 1 atom stereocenters.